The average Bonchev–Trinajstić information content (AvgIpc) is 3.33. The van der Waals surface area contributed by atoms with Gasteiger partial charge in [0.1, 0.15) is 13.2 Å². The van der Waals surface area contributed by atoms with E-state index >= 15 is 0 Å². The van der Waals surface area contributed by atoms with Gasteiger partial charge in [-0.15, -0.1) is 0 Å². The second-order valence-corrected chi connectivity index (χ2v) is 11.1. The van der Waals surface area contributed by atoms with E-state index in [2.05, 4.69) is 6.92 Å². The van der Waals surface area contributed by atoms with E-state index in [1.807, 2.05) is 23.1 Å². The topological polar surface area (TPSA) is 76.2 Å². The van der Waals surface area contributed by atoms with Crippen molar-refractivity contribution in [3.8, 4) is 11.5 Å². The summed E-state index contributed by atoms with van der Waals surface area (Å²) in [6.45, 7) is 4.92. The molecule has 0 bridgehead atoms. The van der Waals surface area contributed by atoms with E-state index in [9.17, 15) is 13.2 Å². The fourth-order valence-electron chi connectivity index (χ4n) is 5.07. The molecule has 2 aromatic carbocycles. The second kappa shape index (κ2) is 8.99. The number of fused-ring (bicyclic) bond motifs is 1. The van der Waals surface area contributed by atoms with Gasteiger partial charge in [0.2, 0.25) is 10.0 Å². The fourth-order valence-corrected chi connectivity index (χ4v) is 6.67. The van der Waals surface area contributed by atoms with E-state index in [1.165, 1.54) is 0 Å². The third kappa shape index (κ3) is 4.34. The minimum absolute atomic E-state index is 0.0356. The number of rotatable bonds is 4. The zero-order valence-electron chi connectivity index (χ0n) is 18.9. The molecule has 2 aromatic rings. The Morgan fingerprint density at radius 2 is 1.67 bits per heavy atom. The van der Waals surface area contributed by atoms with Crippen molar-refractivity contribution in [3.05, 3.63) is 53.6 Å². The molecule has 0 unspecified atom stereocenters. The molecule has 7 nitrogen and oxygen atoms in total. The molecule has 5 rings (SSSR count). The Morgan fingerprint density at radius 3 is 2.42 bits per heavy atom. The SMILES string of the molecule is C[C@@H]1CCCN(S(=O)(=O)c2ccc(C(=O)N3CCC[C@H]3c3ccc4c(c3)OCCO4)cc2)C1. The van der Waals surface area contributed by atoms with Crippen LogP contribution < -0.4 is 9.47 Å². The van der Waals surface area contributed by atoms with Crippen LogP contribution in [0.3, 0.4) is 0 Å². The number of sulfonamides is 1. The third-order valence-electron chi connectivity index (χ3n) is 6.82. The van der Waals surface area contributed by atoms with Gasteiger partial charge in [-0.3, -0.25) is 4.79 Å². The maximum Gasteiger partial charge on any atom is 0.254 e. The van der Waals surface area contributed by atoms with Crippen LogP contribution in [-0.4, -0.2) is 56.4 Å². The van der Waals surface area contributed by atoms with E-state index in [4.69, 9.17) is 9.47 Å². The number of carbonyl (C=O) groups is 1. The monoisotopic (exact) mass is 470 g/mol. The van der Waals surface area contributed by atoms with Crippen molar-refractivity contribution in [2.75, 3.05) is 32.8 Å². The summed E-state index contributed by atoms with van der Waals surface area (Å²) in [5.74, 6) is 1.74. The molecule has 176 valence electrons. The molecule has 8 heteroatoms. The van der Waals surface area contributed by atoms with Gasteiger partial charge >= 0.3 is 0 Å². The Morgan fingerprint density at radius 1 is 0.939 bits per heavy atom. The molecule has 3 heterocycles. The molecule has 3 aliphatic heterocycles. The normalized spacial score (nSPS) is 23.5. The Hall–Kier alpha value is -2.58. The summed E-state index contributed by atoms with van der Waals surface area (Å²) in [5.41, 5.74) is 1.54. The van der Waals surface area contributed by atoms with Crippen molar-refractivity contribution >= 4 is 15.9 Å². The predicted molar refractivity (Wildman–Crippen MR) is 124 cm³/mol. The van der Waals surface area contributed by atoms with Gasteiger partial charge in [-0.2, -0.15) is 4.31 Å². The van der Waals surface area contributed by atoms with Crippen LogP contribution in [0.2, 0.25) is 0 Å². The number of ether oxygens (including phenoxy) is 2. The summed E-state index contributed by atoms with van der Waals surface area (Å²) in [5, 5.41) is 0. The van der Waals surface area contributed by atoms with Crippen molar-refractivity contribution in [2.24, 2.45) is 5.92 Å². The van der Waals surface area contributed by atoms with Gasteiger partial charge in [0, 0.05) is 25.2 Å². The van der Waals surface area contributed by atoms with Crippen LogP contribution in [0.5, 0.6) is 11.5 Å². The lowest BCUT2D eigenvalue weighted by atomic mass is 10.0. The number of likely N-dealkylation sites (tertiary alicyclic amines) is 1. The van der Waals surface area contributed by atoms with E-state index in [-0.39, 0.29) is 16.8 Å². The summed E-state index contributed by atoms with van der Waals surface area (Å²) in [7, 11) is -3.54. The first kappa shape index (κ1) is 22.2. The van der Waals surface area contributed by atoms with Crippen LogP contribution in [-0.2, 0) is 10.0 Å². The molecule has 1 amide bonds. The minimum Gasteiger partial charge on any atom is -0.486 e. The minimum atomic E-state index is -3.54. The van der Waals surface area contributed by atoms with Crippen LogP contribution in [0.1, 0.15) is 54.6 Å². The Bertz CT molecular complexity index is 1130. The van der Waals surface area contributed by atoms with Crippen molar-refractivity contribution in [1.82, 2.24) is 9.21 Å². The zero-order chi connectivity index (χ0) is 23.0. The molecule has 33 heavy (non-hydrogen) atoms. The average molecular weight is 471 g/mol. The summed E-state index contributed by atoms with van der Waals surface area (Å²) < 4.78 is 39.0. The van der Waals surface area contributed by atoms with Crippen LogP contribution in [0.4, 0.5) is 0 Å². The number of nitrogens with zero attached hydrogens (tertiary/aromatic N) is 2. The fraction of sp³-hybridized carbons (Fsp3) is 0.480. The maximum atomic E-state index is 13.3. The second-order valence-electron chi connectivity index (χ2n) is 9.19. The first-order valence-electron chi connectivity index (χ1n) is 11.7. The molecule has 0 N–H and O–H groups in total. The number of hydrogen-bond donors (Lipinski definition) is 0. The molecule has 0 aromatic heterocycles. The number of carbonyl (C=O) groups excluding carboxylic acids is 1. The Balaban J connectivity index is 1.34. The zero-order valence-corrected chi connectivity index (χ0v) is 19.7. The largest absolute Gasteiger partial charge is 0.486 e. The highest BCUT2D eigenvalue weighted by Crippen LogP contribution is 2.38. The molecule has 0 spiro atoms. The lowest BCUT2D eigenvalue weighted by Gasteiger charge is -2.30. The van der Waals surface area contributed by atoms with E-state index in [0.717, 1.165) is 42.7 Å². The first-order valence-corrected chi connectivity index (χ1v) is 13.2. The number of piperidine rings is 1. The van der Waals surface area contributed by atoms with Crippen molar-refractivity contribution in [1.29, 1.82) is 0 Å². The lowest BCUT2D eigenvalue weighted by Crippen LogP contribution is -2.39. The molecule has 2 fully saturated rings. The number of hydrogen-bond acceptors (Lipinski definition) is 5. The quantitative estimate of drug-likeness (QED) is 0.678. The van der Waals surface area contributed by atoms with E-state index in [1.54, 1.807) is 28.6 Å². The lowest BCUT2D eigenvalue weighted by molar-refractivity contribution is 0.0735. The molecule has 2 atom stereocenters. The highest BCUT2D eigenvalue weighted by molar-refractivity contribution is 7.89. The van der Waals surface area contributed by atoms with Gasteiger partial charge in [-0.05, 0) is 73.6 Å². The van der Waals surface area contributed by atoms with Gasteiger partial charge in [-0.1, -0.05) is 13.0 Å². The van der Waals surface area contributed by atoms with Crippen molar-refractivity contribution < 1.29 is 22.7 Å². The van der Waals surface area contributed by atoms with E-state index in [0.29, 0.717) is 44.3 Å². The summed E-state index contributed by atoms with van der Waals surface area (Å²) in [6, 6.07) is 12.3. The Labute approximate surface area is 195 Å². The molecule has 0 radical (unpaired) electrons. The first-order chi connectivity index (χ1) is 15.9. The van der Waals surface area contributed by atoms with Gasteiger partial charge in [0.15, 0.2) is 11.5 Å². The maximum absolute atomic E-state index is 13.3. The summed E-state index contributed by atoms with van der Waals surface area (Å²) in [6.07, 6.45) is 3.74. The number of amides is 1. The van der Waals surface area contributed by atoms with E-state index < -0.39 is 10.0 Å². The predicted octanol–water partition coefficient (Wildman–Crippen LogP) is 3.86. The van der Waals surface area contributed by atoms with Gasteiger partial charge in [0.25, 0.3) is 5.91 Å². The standard InChI is InChI=1S/C25H30N2O5S/c1-18-4-2-12-26(17-18)33(29,30)21-9-6-19(7-10-21)25(28)27-13-3-5-22(27)20-8-11-23-24(16-20)32-15-14-31-23/h6-11,16,18,22H,2-5,12-15,17H2,1H3/t18-,22+/m1/s1. The summed E-state index contributed by atoms with van der Waals surface area (Å²) >= 11 is 0. The highest BCUT2D eigenvalue weighted by Gasteiger charge is 2.32. The highest BCUT2D eigenvalue weighted by atomic mass is 32.2. The van der Waals surface area contributed by atoms with Crippen molar-refractivity contribution in [3.63, 3.8) is 0 Å². The molecule has 0 saturated carbocycles. The van der Waals surface area contributed by atoms with Gasteiger partial charge in [0.05, 0.1) is 10.9 Å². The van der Waals surface area contributed by atoms with Crippen LogP contribution >= 0.6 is 0 Å². The molecule has 0 aliphatic carbocycles. The van der Waals surface area contributed by atoms with Crippen LogP contribution in [0.25, 0.3) is 0 Å². The van der Waals surface area contributed by atoms with Gasteiger partial charge in [-0.25, -0.2) is 8.42 Å². The molecular formula is C25H30N2O5S. The Kier molecular flexibility index (Phi) is 6.05. The number of benzene rings is 2. The summed E-state index contributed by atoms with van der Waals surface area (Å²) in [4.78, 5) is 15.5. The van der Waals surface area contributed by atoms with Crippen molar-refractivity contribution in [2.45, 2.75) is 43.5 Å². The van der Waals surface area contributed by atoms with Crippen LogP contribution in [0, 0.1) is 5.92 Å². The molecular weight excluding hydrogens is 440 g/mol. The third-order valence-corrected chi connectivity index (χ3v) is 8.70. The van der Waals surface area contributed by atoms with Gasteiger partial charge < -0.3 is 14.4 Å². The smallest absolute Gasteiger partial charge is 0.254 e. The van der Waals surface area contributed by atoms with Crippen LogP contribution in [0.15, 0.2) is 47.4 Å². The molecule has 2 saturated heterocycles. The molecule has 3 aliphatic rings.